The summed E-state index contributed by atoms with van der Waals surface area (Å²) in [5, 5.41) is 0. The summed E-state index contributed by atoms with van der Waals surface area (Å²) >= 11 is 0. The highest BCUT2D eigenvalue weighted by molar-refractivity contribution is 5.81. The van der Waals surface area contributed by atoms with E-state index in [9.17, 15) is 4.79 Å². The van der Waals surface area contributed by atoms with Crippen LogP contribution in [0.25, 0.3) is 0 Å². The molecule has 0 radical (unpaired) electrons. The highest BCUT2D eigenvalue weighted by atomic mass is 16.5. The number of likely N-dealkylation sites (tertiary alicyclic amines) is 1. The van der Waals surface area contributed by atoms with E-state index in [1.165, 1.54) is 12.8 Å². The summed E-state index contributed by atoms with van der Waals surface area (Å²) in [6.45, 7) is 4.19. The van der Waals surface area contributed by atoms with E-state index < -0.39 is 0 Å². The lowest BCUT2D eigenvalue weighted by Crippen LogP contribution is -2.42. The van der Waals surface area contributed by atoms with E-state index >= 15 is 0 Å². The molecule has 1 saturated carbocycles. The second-order valence-corrected chi connectivity index (χ2v) is 7.48. The molecule has 3 rings (SSSR count). The summed E-state index contributed by atoms with van der Waals surface area (Å²) in [4.78, 5) is 25.6. The second kappa shape index (κ2) is 8.77. The molecule has 1 aromatic rings. The Morgan fingerprint density at radius 2 is 2.19 bits per heavy atom. The molecule has 2 fully saturated rings. The first-order chi connectivity index (χ1) is 12.6. The molecule has 1 aromatic heterocycles. The summed E-state index contributed by atoms with van der Waals surface area (Å²) in [6, 6.07) is 2.00. The highest BCUT2D eigenvalue weighted by Crippen LogP contribution is 2.25. The summed E-state index contributed by atoms with van der Waals surface area (Å²) in [7, 11) is 2.05. The van der Waals surface area contributed by atoms with Gasteiger partial charge < -0.3 is 15.4 Å². The van der Waals surface area contributed by atoms with Crippen LogP contribution in [0.5, 0.6) is 0 Å². The molecule has 2 aliphatic rings. The average molecular weight is 361 g/mol. The van der Waals surface area contributed by atoms with Crippen molar-refractivity contribution in [2.45, 2.75) is 70.2 Å². The average Bonchev–Trinajstić information content (AvgIpc) is 3.31. The molecule has 7 heteroatoms. The van der Waals surface area contributed by atoms with Gasteiger partial charge in [-0.2, -0.15) is 0 Å². The van der Waals surface area contributed by atoms with Crippen molar-refractivity contribution < 1.29 is 9.53 Å². The maximum Gasteiger partial charge on any atom is 0.251 e. The number of likely N-dealkylation sites (N-methyl/N-ethyl adjacent to an activating group) is 1. The van der Waals surface area contributed by atoms with E-state index in [0.717, 1.165) is 38.8 Å². The molecular formula is C19H31N5O2. The second-order valence-electron chi connectivity index (χ2n) is 7.48. The molecular weight excluding hydrogens is 330 g/mol. The van der Waals surface area contributed by atoms with Crippen LogP contribution < -0.4 is 5.73 Å². The maximum atomic E-state index is 12.9. The maximum absolute atomic E-state index is 12.9. The predicted octanol–water partition coefficient (Wildman–Crippen LogP) is 1.83. The van der Waals surface area contributed by atoms with E-state index in [1.807, 2.05) is 11.8 Å². The van der Waals surface area contributed by atoms with Crippen molar-refractivity contribution in [2.24, 2.45) is 0 Å². The van der Waals surface area contributed by atoms with Crippen LogP contribution >= 0.6 is 0 Å². The molecule has 144 valence electrons. The third kappa shape index (κ3) is 4.71. The number of carbonyl (C=O) groups is 1. The Morgan fingerprint density at radius 1 is 1.42 bits per heavy atom. The van der Waals surface area contributed by atoms with Crippen molar-refractivity contribution in [1.82, 2.24) is 19.8 Å². The van der Waals surface area contributed by atoms with Crippen molar-refractivity contribution >= 4 is 11.7 Å². The van der Waals surface area contributed by atoms with E-state index in [1.54, 1.807) is 12.3 Å². The van der Waals surface area contributed by atoms with Gasteiger partial charge in [-0.15, -0.1) is 0 Å². The minimum atomic E-state index is -0.292. The SMILES string of the molecule is CCC(OC1CCCC1)C(=O)N1CCC(N(C)Cc2nccc(N)n2)C1. The van der Waals surface area contributed by atoms with Crippen molar-refractivity contribution in [1.29, 1.82) is 0 Å². The minimum Gasteiger partial charge on any atom is -0.384 e. The van der Waals surface area contributed by atoms with Crippen LogP contribution in [0.4, 0.5) is 5.82 Å². The molecule has 1 aliphatic heterocycles. The van der Waals surface area contributed by atoms with Gasteiger partial charge in [-0.1, -0.05) is 19.8 Å². The van der Waals surface area contributed by atoms with Crippen LogP contribution in [-0.2, 0) is 16.1 Å². The number of nitrogen functional groups attached to an aromatic ring is 1. The van der Waals surface area contributed by atoms with Gasteiger partial charge in [-0.3, -0.25) is 9.69 Å². The van der Waals surface area contributed by atoms with Gasteiger partial charge in [0.15, 0.2) is 0 Å². The van der Waals surface area contributed by atoms with Crippen LogP contribution in [0.2, 0.25) is 0 Å². The van der Waals surface area contributed by atoms with Crippen molar-refractivity contribution in [2.75, 3.05) is 25.9 Å². The van der Waals surface area contributed by atoms with E-state index in [2.05, 4.69) is 21.9 Å². The van der Waals surface area contributed by atoms with Gasteiger partial charge in [0.05, 0.1) is 12.6 Å². The molecule has 26 heavy (non-hydrogen) atoms. The zero-order valence-electron chi connectivity index (χ0n) is 15.9. The normalized spacial score (nSPS) is 22.3. The molecule has 0 bridgehead atoms. The number of aromatic nitrogens is 2. The number of carbonyl (C=O) groups excluding carboxylic acids is 1. The molecule has 7 nitrogen and oxygen atoms in total. The lowest BCUT2D eigenvalue weighted by atomic mass is 10.2. The molecule has 0 spiro atoms. The molecule has 2 unspecified atom stereocenters. The Bertz CT molecular complexity index is 605. The third-order valence-electron chi connectivity index (χ3n) is 5.52. The Hall–Kier alpha value is -1.73. The van der Waals surface area contributed by atoms with E-state index in [0.29, 0.717) is 24.2 Å². The Labute approximate surface area is 155 Å². The first-order valence-corrected chi connectivity index (χ1v) is 9.78. The zero-order chi connectivity index (χ0) is 18.5. The molecule has 1 aliphatic carbocycles. The number of anilines is 1. The van der Waals surface area contributed by atoms with Gasteiger partial charge in [-0.25, -0.2) is 9.97 Å². The topological polar surface area (TPSA) is 84.6 Å². The molecule has 2 N–H and O–H groups in total. The number of hydrogen-bond donors (Lipinski definition) is 1. The van der Waals surface area contributed by atoms with Crippen LogP contribution in [-0.4, -0.2) is 64.1 Å². The molecule has 2 atom stereocenters. The fraction of sp³-hybridized carbons (Fsp3) is 0.737. The summed E-state index contributed by atoms with van der Waals surface area (Å²) in [6.07, 6.45) is 7.99. The van der Waals surface area contributed by atoms with Crippen molar-refractivity contribution in [3.63, 3.8) is 0 Å². The van der Waals surface area contributed by atoms with Gasteiger partial charge in [0.25, 0.3) is 5.91 Å². The number of nitrogens with two attached hydrogens (primary N) is 1. The lowest BCUT2D eigenvalue weighted by Gasteiger charge is -2.27. The Morgan fingerprint density at radius 3 is 2.88 bits per heavy atom. The monoisotopic (exact) mass is 361 g/mol. The zero-order valence-corrected chi connectivity index (χ0v) is 15.9. The fourth-order valence-electron chi connectivity index (χ4n) is 3.93. The fourth-order valence-corrected chi connectivity index (χ4v) is 3.93. The first kappa shape index (κ1) is 19.0. The van der Waals surface area contributed by atoms with Gasteiger partial charge in [0, 0.05) is 25.3 Å². The predicted molar refractivity (Wildman–Crippen MR) is 100 cm³/mol. The van der Waals surface area contributed by atoms with Crippen molar-refractivity contribution in [3.05, 3.63) is 18.1 Å². The summed E-state index contributed by atoms with van der Waals surface area (Å²) < 4.78 is 6.10. The Kier molecular flexibility index (Phi) is 6.43. The van der Waals surface area contributed by atoms with E-state index in [4.69, 9.17) is 10.5 Å². The largest absolute Gasteiger partial charge is 0.384 e. The number of amides is 1. The van der Waals surface area contributed by atoms with Gasteiger partial charge in [0.2, 0.25) is 0 Å². The van der Waals surface area contributed by atoms with Crippen LogP contribution in [0.3, 0.4) is 0 Å². The minimum absolute atomic E-state index is 0.149. The first-order valence-electron chi connectivity index (χ1n) is 9.78. The van der Waals surface area contributed by atoms with E-state index in [-0.39, 0.29) is 18.1 Å². The van der Waals surface area contributed by atoms with Crippen molar-refractivity contribution in [3.8, 4) is 0 Å². The summed E-state index contributed by atoms with van der Waals surface area (Å²) in [5.74, 6) is 1.35. The van der Waals surface area contributed by atoms with Gasteiger partial charge >= 0.3 is 0 Å². The number of rotatable bonds is 7. The van der Waals surface area contributed by atoms with Crippen LogP contribution in [0, 0.1) is 0 Å². The Balaban J connectivity index is 1.52. The quantitative estimate of drug-likeness (QED) is 0.797. The third-order valence-corrected chi connectivity index (χ3v) is 5.52. The molecule has 1 saturated heterocycles. The molecule has 0 aromatic carbocycles. The number of nitrogens with zero attached hydrogens (tertiary/aromatic N) is 4. The standard InChI is InChI=1S/C19H31N5O2/c1-3-16(26-15-6-4-5-7-15)19(25)24-11-9-14(12-24)23(2)13-18-21-10-8-17(20)22-18/h8,10,14-16H,3-7,9,11-13H2,1-2H3,(H2,20,21,22). The van der Waals surface area contributed by atoms with Crippen LogP contribution in [0.15, 0.2) is 12.3 Å². The summed E-state index contributed by atoms with van der Waals surface area (Å²) in [5.41, 5.74) is 5.73. The molecule has 2 heterocycles. The van der Waals surface area contributed by atoms with Crippen LogP contribution in [0.1, 0.15) is 51.3 Å². The number of ether oxygens (including phenoxy) is 1. The van der Waals surface area contributed by atoms with Gasteiger partial charge in [0.1, 0.15) is 17.7 Å². The smallest absolute Gasteiger partial charge is 0.251 e. The number of hydrogen-bond acceptors (Lipinski definition) is 6. The molecule has 1 amide bonds. The lowest BCUT2D eigenvalue weighted by molar-refractivity contribution is -0.146. The van der Waals surface area contributed by atoms with Gasteiger partial charge in [-0.05, 0) is 38.8 Å². The highest BCUT2D eigenvalue weighted by Gasteiger charge is 2.34.